The molecule has 2 atom stereocenters. The average molecular weight is 300 g/mol. The van der Waals surface area contributed by atoms with Crippen molar-refractivity contribution in [3.05, 3.63) is 21.3 Å². The maximum absolute atomic E-state index is 6.07. The Balaban J connectivity index is 1.75. The first kappa shape index (κ1) is 13.8. The fourth-order valence-electron chi connectivity index (χ4n) is 3.47. The Morgan fingerprint density at radius 2 is 2.16 bits per heavy atom. The Kier molecular flexibility index (Phi) is 4.44. The van der Waals surface area contributed by atoms with Crippen molar-refractivity contribution in [1.82, 2.24) is 9.80 Å². The Morgan fingerprint density at radius 3 is 2.89 bits per heavy atom. The summed E-state index contributed by atoms with van der Waals surface area (Å²) in [5.41, 5.74) is 6.04. The summed E-state index contributed by atoms with van der Waals surface area (Å²) in [5.74, 6) is 0. The molecule has 1 aromatic rings. The van der Waals surface area contributed by atoms with E-state index in [1.807, 2.05) is 6.07 Å². The van der Waals surface area contributed by atoms with Crippen LogP contribution in [-0.2, 0) is 0 Å². The van der Waals surface area contributed by atoms with E-state index in [1.54, 1.807) is 11.3 Å². The van der Waals surface area contributed by atoms with Crippen LogP contribution in [0.3, 0.4) is 0 Å². The van der Waals surface area contributed by atoms with E-state index in [2.05, 4.69) is 15.9 Å². The van der Waals surface area contributed by atoms with Gasteiger partial charge in [0.25, 0.3) is 0 Å². The third kappa shape index (κ3) is 2.98. The summed E-state index contributed by atoms with van der Waals surface area (Å²) >= 11 is 7.75. The van der Waals surface area contributed by atoms with Gasteiger partial charge in [-0.25, -0.2) is 0 Å². The van der Waals surface area contributed by atoms with Crippen LogP contribution in [-0.4, -0.2) is 48.6 Å². The van der Waals surface area contributed by atoms with Gasteiger partial charge in [-0.2, -0.15) is 0 Å². The average Bonchev–Trinajstić information content (AvgIpc) is 2.96. The topological polar surface area (TPSA) is 32.5 Å². The normalized spacial score (nSPS) is 27.2. The van der Waals surface area contributed by atoms with Crippen LogP contribution in [0.1, 0.15) is 30.2 Å². The molecule has 5 heteroatoms. The van der Waals surface area contributed by atoms with Crippen molar-refractivity contribution in [3.63, 3.8) is 0 Å². The van der Waals surface area contributed by atoms with E-state index in [0.29, 0.717) is 12.6 Å². The van der Waals surface area contributed by atoms with Crippen molar-refractivity contribution in [1.29, 1.82) is 0 Å². The zero-order chi connectivity index (χ0) is 13.2. The lowest BCUT2D eigenvalue weighted by molar-refractivity contribution is 0.178. The molecule has 2 fully saturated rings. The zero-order valence-corrected chi connectivity index (χ0v) is 12.8. The number of halogens is 1. The molecule has 0 aromatic carbocycles. The molecule has 3 heterocycles. The molecule has 2 aliphatic rings. The standard InChI is InChI=1S/C14H22ClN3S/c15-14-5-4-13(19-14)12(9-16)18-8-2-7-17-6-1-3-11(17)10-18/h4-5,11-12H,1-3,6-10,16H2. The highest BCUT2D eigenvalue weighted by Crippen LogP contribution is 2.32. The molecule has 2 saturated heterocycles. The van der Waals surface area contributed by atoms with Gasteiger partial charge in [0.15, 0.2) is 0 Å². The number of thiophene rings is 1. The second-order valence-electron chi connectivity index (χ2n) is 5.57. The van der Waals surface area contributed by atoms with Gasteiger partial charge in [0, 0.05) is 30.6 Å². The first-order valence-electron chi connectivity index (χ1n) is 7.21. The van der Waals surface area contributed by atoms with Gasteiger partial charge in [-0.3, -0.25) is 9.80 Å². The van der Waals surface area contributed by atoms with Crippen LogP contribution in [0.25, 0.3) is 0 Å². The third-order valence-corrected chi connectivity index (χ3v) is 5.75. The van der Waals surface area contributed by atoms with Crippen LogP contribution in [0.15, 0.2) is 12.1 Å². The second-order valence-corrected chi connectivity index (χ2v) is 7.32. The van der Waals surface area contributed by atoms with Crippen molar-refractivity contribution < 1.29 is 0 Å². The fourth-order valence-corrected chi connectivity index (χ4v) is 4.68. The Hall–Kier alpha value is -0.130. The molecule has 0 amide bonds. The van der Waals surface area contributed by atoms with E-state index in [9.17, 15) is 0 Å². The molecule has 3 nitrogen and oxygen atoms in total. The molecule has 0 bridgehead atoms. The van der Waals surface area contributed by atoms with Crippen LogP contribution in [0, 0.1) is 0 Å². The molecule has 0 radical (unpaired) electrons. The molecule has 0 spiro atoms. The van der Waals surface area contributed by atoms with E-state index < -0.39 is 0 Å². The highest BCUT2D eigenvalue weighted by molar-refractivity contribution is 7.16. The SMILES string of the molecule is NCC(c1ccc(Cl)s1)N1CCCN2CCCC2C1. The van der Waals surface area contributed by atoms with Gasteiger partial charge in [-0.05, 0) is 44.5 Å². The van der Waals surface area contributed by atoms with E-state index in [0.717, 1.165) is 23.5 Å². The number of nitrogens with zero attached hydrogens (tertiary/aromatic N) is 2. The molecular weight excluding hydrogens is 278 g/mol. The summed E-state index contributed by atoms with van der Waals surface area (Å²) in [6.45, 7) is 5.55. The highest BCUT2D eigenvalue weighted by atomic mass is 35.5. The molecule has 2 aliphatic heterocycles. The number of nitrogens with two attached hydrogens (primary N) is 1. The zero-order valence-electron chi connectivity index (χ0n) is 11.2. The lowest BCUT2D eigenvalue weighted by Gasteiger charge is -2.31. The van der Waals surface area contributed by atoms with E-state index in [-0.39, 0.29) is 0 Å². The molecule has 2 unspecified atom stereocenters. The van der Waals surface area contributed by atoms with Crippen molar-refractivity contribution in [2.45, 2.75) is 31.3 Å². The molecule has 3 rings (SSSR count). The molecule has 1 aromatic heterocycles. The molecule has 0 saturated carbocycles. The van der Waals surface area contributed by atoms with Crippen LogP contribution >= 0.6 is 22.9 Å². The van der Waals surface area contributed by atoms with Crippen LogP contribution in [0.4, 0.5) is 0 Å². The van der Waals surface area contributed by atoms with Gasteiger partial charge in [0.05, 0.1) is 10.4 Å². The Labute approximate surface area is 124 Å². The summed E-state index contributed by atoms with van der Waals surface area (Å²) in [6, 6.07) is 5.22. The van der Waals surface area contributed by atoms with Gasteiger partial charge in [0.1, 0.15) is 0 Å². The van der Waals surface area contributed by atoms with Crippen molar-refractivity contribution in [2.75, 3.05) is 32.7 Å². The molecular formula is C14H22ClN3S. The molecule has 0 aliphatic carbocycles. The van der Waals surface area contributed by atoms with Crippen molar-refractivity contribution in [2.24, 2.45) is 5.73 Å². The maximum Gasteiger partial charge on any atom is 0.0931 e. The summed E-state index contributed by atoms with van der Waals surface area (Å²) < 4.78 is 0.866. The molecule has 2 N–H and O–H groups in total. The predicted octanol–water partition coefficient (Wildman–Crippen LogP) is 2.57. The van der Waals surface area contributed by atoms with Crippen LogP contribution in [0.2, 0.25) is 4.34 Å². The number of fused-ring (bicyclic) bond motifs is 1. The predicted molar refractivity (Wildman–Crippen MR) is 81.9 cm³/mol. The number of hydrogen-bond donors (Lipinski definition) is 1. The smallest absolute Gasteiger partial charge is 0.0931 e. The van der Waals surface area contributed by atoms with Gasteiger partial charge in [-0.15, -0.1) is 11.3 Å². The van der Waals surface area contributed by atoms with Crippen molar-refractivity contribution >= 4 is 22.9 Å². The van der Waals surface area contributed by atoms with Crippen LogP contribution < -0.4 is 5.73 Å². The first-order valence-corrected chi connectivity index (χ1v) is 8.41. The number of rotatable bonds is 3. The van der Waals surface area contributed by atoms with E-state index in [4.69, 9.17) is 17.3 Å². The lowest BCUT2D eigenvalue weighted by atomic mass is 10.1. The lowest BCUT2D eigenvalue weighted by Crippen LogP contribution is -2.40. The van der Waals surface area contributed by atoms with Gasteiger partial charge >= 0.3 is 0 Å². The second kappa shape index (κ2) is 6.10. The third-order valence-electron chi connectivity index (χ3n) is 4.42. The molecule has 106 valence electrons. The quantitative estimate of drug-likeness (QED) is 0.931. The highest BCUT2D eigenvalue weighted by Gasteiger charge is 2.31. The van der Waals surface area contributed by atoms with Gasteiger partial charge in [-0.1, -0.05) is 11.6 Å². The Morgan fingerprint density at radius 1 is 1.32 bits per heavy atom. The van der Waals surface area contributed by atoms with E-state index >= 15 is 0 Å². The Bertz CT molecular complexity index is 423. The minimum atomic E-state index is 0.345. The van der Waals surface area contributed by atoms with Gasteiger partial charge in [0.2, 0.25) is 0 Å². The maximum atomic E-state index is 6.07. The number of hydrogen-bond acceptors (Lipinski definition) is 4. The largest absolute Gasteiger partial charge is 0.329 e. The van der Waals surface area contributed by atoms with Crippen LogP contribution in [0.5, 0.6) is 0 Å². The monoisotopic (exact) mass is 299 g/mol. The summed E-state index contributed by atoms with van der Waals surface area (Å²) in [6.07, 6.45) is 3.96. The van der Waals surface area contributed by atoms with Crippen molar-refractivity contribution in [3.8, 4) is 0 Å². The minimum absolute atomic E-state index is 0.345. The fraction of sp³-hybridized carbons (Fsp3) is 0.714. The van der Waals surface area contributed by atoms with Gasteiger partial charge < -0.3 is 5.73 Å². The summed E-state index contributed by atoms with van der Waals surface area (Å²) in [4.78, 5) is 6.56. The summed E-state index contributed by atoms with van der Waals surface area (Å²) in [5, 5.41) is 0. The first-order chi connectivity index (χ1) is 9.28. The van der Waals surface area contributed by atoms with E-state index in [1.165, 1.54) is 37.2 Å². The molecule has 19 heavy (non-hydrogen) atoms. The minimum Gasteiger partial charge on any atom is -0.329 e. The summed E-state index contributed by atoms with van der Waals surface area (Å²) in [7, 11) is 0.